The van der Waals surface area contributed by atoms with E-state index >= 15 is 0 Å². The van der Waals surface area contributed by atoms with E-state index in [9.17, 15) is 4.79 Å². The highest BCUT2D eigenvalue weighted by Gasteiger charge is 2.26. The van der Waals surface area contributed by atoms with Crippen molar-refractivity contribution in [1.29, 1.82) is 0 Å². The molecule has 1 heterocycles. The molecule has 1 aliphatic rings. The number of halogens is 1. The maximum atomic E-state index is 12.3. The van der Waals surface area contributed by atoms with Crippen LogP contribution in [-0.4, -0.2) is 12.5 Å². The van der Waals surface area contributed by atoms with Gasteiger partial charge in [-0.15, -0.1) is 0 Å². The highest BCUT2D eigenvalue weighted by atomic mass is 35.5. The minimum absolute atomic E-state index is 0.101. The van der Waals surface area contributed by atoms with Crippen LogP contribution in [0.2, 0.25) is 5.02 Å². The summed E-state index contributed by atoms with van der Waals surface area (Å²) in [5, 5.41) is 3.26. The van der Waals surface area contributed by atoms with Gasteiger partial charge in [0.1, 0.15) is 12.4 Å². The molecule has 4 nitrogen and oxygen atoms in total. The second-order valence-electron chi connectivity index (χ2n) is 5.05. The summed E-state index contributed by atoms with van der Waals surface area (Å²) in [6.45, 7) is 0.370. The summed E-state index contributed by atoms with van der Waals surface area (Å²) in [6, 6.07) is 12.8. The number of anilines is 2. The maximum absolute atomic E-state index is 12.3. The third-order valence-electron chi connectivity index (χ3n) is 3.50. The van der Waals surface area contributed by atoms with E-state index in [2.05, 4.69) is 5.32 Å². The normalized spacial score (nSPS) is 16.7. The highest BCUT2D eigenvalue weighted by molar-refractivity contribution is 6.34. The fourth-order valence-electron chi connectivity index (χ4n) is 2.36. The maximum Gasteiger partial charge on any atom is 0.231 e. The topological polar surface area (TPSA) is 64.3 Å². The van der Waals surface area contributed by atoms with E-state index in [-0.39, 0.29) is 11.8 Å². The molecule has 2 aromatic rings. The Morgan fingerprint density at radius 3 is 2.90 bits per heavy atom. The lowest BCUT2D eigenvalue weighted by Crippen LogP contribution is -2.32. The van der Waals surface area contributed by atoms with E-state index in [1.165, 1.54) is 0 Å². The standard InChI is InChI=1S/C16H15ClN2O2/c17-13-8-12(18)5-6-14(13)19-16(20)11-7-10-3-1-2-4-15(10)21-9-11/h1-6,8,11H,7,9,18H2,(H,19,20). The Kier molecular flexibility index (Phi) is 3.71. The van der Waals surface area contributed by atoms with E-state index in [0.29, 0.717) is 29.4 Å². The van der Waals surface area contributed by atoms with E-state index in [1.807, 2.05) is 24.3 Å². The summed E-state index contributed by atoms with van der Waals surface area (Å²) in [6.07, 6.45) is 0.661. The Hall–Kier alpha value is -2.20. The molecule has 0 radical (unpaired) electrons. The minimum Gasteiger partial charge on any atom is -0.492 e. The molecule has 3 rings (SSSR count). The Morgan fingerprint density at radius 2 is 2.10 bits per heavy atom. The van der Waals surface area contributed by atoms with E-state index in [1.54, 1.807) is 18.2 Å². The summed E-state index contributed by atoms with van der Waals surface area (Å²) in [5.74, 6) is 0.525. The first-order valence-corrected chi connectivity index (χ1v) is 7.08. The second kappa shape index (κ2) is 5.66. The van der Waals surface area contributed by atoms with Crippen molar-refractivity contribution in [2.75, 3.05) is 17.7 Å². The van der Waals surface area contributed by atoms with Crippen LogP contribution in [0.3, 0.4) is 0 Å². The molecule has 1 aliphatic heterocycles. The predicted molar refractivity (Wildman–Crippen MR) is 83.6 cm³/mol. The van der Waals surface area contributed by atoms with E-state index in [4.69, 9.17) is 22.1 Å². The van der Waals surface area contributed by atoms with Gasteiger partial charge in [-0.3, -0.25) is 4.79 Å². The summed E-state index contributed by atoms with van der Waals surface area (Å²) >= 11 is 6.07. The van der Waals surface area contributed by atoms with Gasteiger partial charge in [0.25, 0.3) is 0 Å². The van der Waals surface area contributed by atoms with E-state index < -0.39 is 0 Å². The van der Waals surface area contributed by atoms with Crippen molar-refractivity contribution in [2.24, 2.45) is 5.92 Å². The molecule has 0 saturated heterocycles. The molecular formula is C16H15ClN2O2. The summed E-state index contributed by atoms with van der Waals surface area (Å²) in [7, 11) is 0. The average Bonchev–Trinajstić information content (AvgIpc) is 2.49. The number of carbonyl (C=O) groups excluding carboxylic acids is 1. The largest absolute Gasteiger partial charge is 0.492 e. The van der Waals surface area contributed by atoms with Crippen LogP contribution in [-0.2, 0) is 11.2 Å². The molecule has 0 aliphatic carbocycles. The molecule has 1 unspecified atom stereocenters. The number of nitrogens with two attached hydrogens (primary N) is 1. The number of hydrogen-bond donors (Lipinski definition) is 2. The molecule has 0 spiro atoms. The number of carbonyl (C=O) groups is 1. The number of hydrogen-bond acceptors (Lipinski definition) is 3. The number of amides is 1. The molecular weight excluding hydrogens is 288 g/mol. The number of ether oxygens (including phenoxy) is 1. The van der Waals surface area contributed by atoms with Crippen molar-refractivity contribution in [3.05, 3.63) is 53.1 Å². The Labute approximate surface area is 127 Å². The van der Waals surface area contributed by atoms with Crippen LogP contribution >= 0.6 is 11.6 Å². The van der Waals surface area contributed by atoms with Gasteiger partial charge in [-0.25, -0.2) is 0 Å². The number of rotatable bonds is 2. The zero-order chi connectivity index (χ0) is 14.8. The molecule has 21 heavy (non-hydrogen) atoms. The molecule has 1 amide bonds. The van der Waals surface area contributed by atoms with Crippen molar-refractivity contribution in [3.8, 4) is 5.75 Å². The van der Waals surface area contributed by atoms with E-state index in [0.717, 1.165) is 11.3 Å². The van der Waals surface area contributed by atoms with Crippen LogP contribution in [0.1, 0.15) is 5.56 Å². The summed E-state index contributed by atoms with van der Waals surface area (Å²) in [5.41, 5.74) is 7.81. The SMILES string of the molecule is Nc1ccc(NC(=O)C2COc3ccccc3C2)c(Cl)c1. The summed E-state index contributed by atoms with van der Waals surface area (Å²) < 4.78 is 5.63. The molecule has 5 heteroatoms. The van der Waals surface area contributed by atoms with Gasteiger partial charge >= 0.3 is 0 Å². The molecule has 0 fully saturated rings. The lowest BCUT2D eigenvalue weighted by molar-refractivity contribution is -0.121. The van der Waals surface area contributed by atoms with Crippen molar-refractivity contribution in [3.63, 3.8) is 0 Å². The fourth-order valence-corrected chi connectivity index (χ4v) is 2.60. The Morgan fingerprint density at radius 1 is 1.29 bits per heavy atom. The van der Waals surface area contributed by atoms with Crippen LogP contribution in [0.5, 0.6) is 5.75 Å². The smallest absolute Gasteiger partial charge is 0.231 e. The van der Waals surface area contributed by atoms with Crippen LogP contribution in [0.4, 0.5) is 11.4 Å². The lowest BCUT2D eigenvalue weighted by Gasteiger charge is -2.24. The molecule has 1 atom stereocenters. The van der Waals surface area contributed by atoms with Crippen LogP contribution in [0, 0.1) is 5.92 Å². The quantitative estimate of drug-likeness (QED) is 0.838. The third kappa shape index (κ3) is 2.95. The van der Waals surface area contributed by atoms with Crippen molar-refractivity contribution < 1.29 is 9.53 Å². The number of para-hydroxylation sites is 1. The predicted octanol–water partition coefficient (Wildman–Crippen LogP) is 3.11. The van der Waals surface area contributed by atoms with Gasteiger partial charge in [0.2, 0.25) is 5.91 Å². The number of benzene rings is 2. The third-order valence-corrected chi connectivity index (χ3v) is 3.81. The molecule has 108 valence electrons. The van der Waals surface area contributed by atoms with Gasteiger partial charge in [-0.1, -0.05) is 29.8 Å². The van der Waals surface area contributed by atoms with Crippen molar-refractivity contribution in [1.82, 2.24) is 0 Å². The van der Waals surface area contributed by atoms with Crippen LogP contribution < -0.4 is 15.8 Å². The molecule has 3 N–H and O–H groups in total. The Balaban J connectivity index is 1.72. The van der Waals surface area contributed by atoms with Crippen LogP contribution in [0.25, 0.3) is 0 Å². The number of nitrogens with one attached hydrogen (secondary N) is 1. The lowest BCUT2D eigenvalue weighted by atomic mass is 9.96. The number of nitrogen functional groups attached to an aromatic ring is 1. The Bertz CT molecular complexity index is 688. The first-order chi connectivity index (χ1) is 10.1. The molecule has 0 saturated carbocycles. The highest BCUT2D eigenvalue weighted by Crippen LogP contribution is 2.29. The summed E-state index contributed by atoms with van der Waals surface area (Å²) in [4.78, 5) is 12.3. The van der Waals surface area contributed by atoms with Crippen molar-refractivity contribution in [2.45, 2.75) is 6.42 Å². The second-order valence-corrected chi connectivity index (χ2v) is 5.46. The zero-order valence-electron chi connectivity index (χ0n) is 11.3. The van der Waals surface area contributed by atoms with Gasteiger partial charge in [-0.2, -0.15) is 0 Å². The van der Waals surface area contributed by atoms with Gasteiger partial charge in [0, 0.05) is 5.69 Å². The van der Waals surface area contributed by atoms with Crippen molar-refractivity contribution >= 4 is 28.9 Å². The first-order valence-electron chi connectivity index (χ1n) is 6.70. The monoisotopic (exact) mass is 302 g/mol. The number of fused-ring (bicyclic) bond motifs is 1. The first kappa shape index (κ1) is 13.8. The average molecular weight is 303 g/mol. The van der Waals surface area contributed by atoms with Gasteiger partial charge in [0.15, 0.2) is 0 Å². The molecule has 0 aromatic heterocycles. The zero-order valence-corrected chi connectivity index (χ0v) is 12.1. The van der Waals surface area contributed by atoms with Gasteiger partial charge < -0.3 is 15.8 Å². The minimum atomic E-state index is -0.228. The molecule has 2 aromatic carbocycles. The van der Waals surface area contributed by atoms with Crippen LogP contribution in [0.15, 0.2) is 42.5 Å². The van der Waals surface area contributed by atoms with Gasteiger partial charge in [0.05, 0.1) is 16.6 Å². The fraction of sp³-hybridized carbons (Fsp3) is 0.188. The molecule has 0 bridgehead atoms. The van der Waals surface area contributed by atoms with Gasteiger partial charge in [-0.05, 0) is 36.2 Å².